The minimum Gasteiger partial charge on any atom is -0.391 e. The number of benzene rings is 1. The molecule has 5 heteroatoms. The number of aliphatic hydroxyl groups excluding tert-OH is 1. The van der Waals surface area contributed by atoms with Crippen molar-refractivity contribution in [3.8, 4) is 0 Å². The lowest BCUT2D eigenvalue weighted by Crippen LogP contribution is -2.19. The van der Waals surface area contributed by atoms with Crippen molar-refractivity contribution in [1.82, 2.24) is 0 Å². The first kappa shape index (κ1) is 11.8. The monoisotopic (exact) mass is 219 g/mol. The number of aliphatic hydroxyl groups is 1. The molecule has 0 bridgehead atoms. The van der Waals surface area contributed by atoms with Gasteiger partial charge in [0.2, 0.25) is 0 Å². The topological polar surface area (TPSA) is 32.3 Å². The van der Waals surface area contributed by atoms with Crippen LogP contribution in [-0.4, -0.2) is 17.8 Å². The number of halogens is 3. The fourth-order valence-corrected chi connectivity index (χ4v) is 1.03. The summed E-state index contributed by atoms with van der Waals surface area (Å²) >= 11 is 0. The van der Waals surface area contributed by atoms with E-state index in [1.165, 1.54) is 0 Å². The quantitative estimate of drug-likeness (QED) is 0.761. The largest absolute Gasteiger partial charge is 0.391 e. The fraction of sp³-hybridized carbons (Fsp3) is 0.400. The van der Waals surface area contributed by atoms with E-state index in [2.05, 4.69) is 5.32 Å². The van der Waals surface area contributed by atoms with Gasteiger partial charge in [-0.2, -0.15) is 0 Å². The van der Waals surface area contributed by atoms with Gasteiger partial charge in [0.25, 0.3) is 0 Å². The first-order valence-corrected chi connectivity index (χ1v) is 4.61. The zero-order valence-corrected chi connectivity index (χ0v) is 8.23. The lowest BCUT2D eigenvalue weighted by Gasteiger charge is -2.11. The Balaban J connectivity index is 2.74. The second-order valence-corrected chi connectivity index (χ2v) is 3.17. The first-order valence-electron chi connectivity index (χ1n) is 4.61. The highest BCUT2D eigenvalue weighted by molar-refractivity contribution is 5.45. The second kappa shape index (κ2) is 5.02. The number of anilines is 1. The minimum absolute atomic E-state index is 0.0957. The van der Waals surface area contributed by atoms with Crippen LogP contribution < -0.4 is 5.32 Å². The van der Waals surface area contributed by atoms with E-state index in [0.29, 0.717) is 6.42 Å². The molecule has 0 saturated heterocycles. The van der Waals surface area contributed by atoms with Crippen LogP contribution in [0.2, 0.25) is 0 Å². The van der Waals surface area contributed by atoms with Crippen molar-refractivity contribution in [1.29, 1.82) is 0 Å². The van der Waals surface area contributed by atoms with E-state index in [-0.39, 0.29) is 12.2 Å². The molecule has 2 nitrogen and oxygen atoms in total. The van der Waals surface area contributed by atoms with Crippen molar-refractivity contribution in [2.24, 2.45) is 0 Å². The molecular formula is C10H12F3NO. The number of hydrogen-bond donors (Lipinski definition) is 2. The third-order valence-corrected chi connectivity index (χ3v) is 2.03. The first-order chi connectivity index (χ1) is 7.06. The van der Waals surface area contributed by atoms with Crippen molar-refractivity contribution in [3.05, 3.63) is 29.6 Å². The zero-order valence-electron chi connectivity index (χ0n) is 8.23. The molecule has 0 radical (unpaired) electrons. The van der Waals surface area contributed by atoms with E-state index in [1.807, 2.05) is 0 Å². The van der Waals surface area contributed by atoms with Gasteiger partial charge >= 0.3 is 0 Å². The van der Waals surface area contributed by atoms with E-state index in [4.69, 9.17) is 0 Å². The summed E-state index contributed by atoms with van der Waals surface area (Å²) in [6.45, 7) is 1.85. The summed E-state index contributed by atoms with van der Waals surface area (Å²) in [6, 6.07) is 1.93. The van der Waals surface area contributed by atoms with Crippen LogP contribution in [0.25, 0.3) is 0 Å². The SMILES string of the molecule is CCC(O)CNc1ccc(F)c(F)c1F. The van der Waals surface area contributed by atoms with Crippen LogP contribution in [0.15, 0.2) is 12.1 Å². The van der Waals surface area contributed by atoms with Crippen LogP contribution >= 0.6 is 0 Å². The zero-order chi connectivity index (χ0) is 11.4. The Morgan fingerprint density at radius 2 is 1.93 bits per heavy atom. The van der Waals surface area contributed by atoms with Gasteiger partial charge in [0.1, 0.15) is 0 Å². The van der Waals surface area contributed by atoms with E-state index < -0.39 is 23.6 Å². The lowest BCUT2D eigenvalue weighted by molar-refractivity contribution is 0.183. The maximum absolute atomic E-state index is 13.1. The molecule has 0 aromatic heterocycles. The van der Waals surface area contributed by atoms with Crippen molar-refractivity contribution in [2.75, 3.05) is 11.9 Å². The summed E-state index contributed by atoms with van der Waals surface area (Å²) in [4.78, 5) is 0. The predicted molar refractivity (Wildman–Crippen MR) is 51.1 cm³/mol. The second-order valence-electron chi connectivity index (χ2n) is 3.17. The average Bonchev–Trinajstić information content (AvgIpc) is 2.24. The maximum atomic E-state index is 13.1. The molecule has 0 aliphatic rings. The molecule has 0 aliphatic heterocycles. The molecule has 1 aromatic rings. The molecule has 1 aromatic carbocycles. The third-order valence-electron chi connectivity index (χ3n) is 2.03. The van der Waals surface area contributed by atoms with Crippen LogP contribution in [0.3, 0.4) is 0 Å². The highest BCUT2D eigenvalue weighted by Crippen LogP contribution is 2.19. The van der Waals surface area contributed by atoms with Crippen molar-refractivity contribution in [3.63, 3.8) is 0 Å². The third kappa shape index (κ3) is 2.86. The Bertz CT molecular complexity index is 344. The predicted octanol–water partition coefficient (Wildman–Crippen LogP) is 2.29. The van der Waals surface area contributed by atoms with Crippen molar-refractivity contribution < 1.29 is 18.3 Å². The average molecular weight is 219 g/mol. The Labute approximate surface area is 85.7 Å². The van der Waals surface area contributed by atoms with Crippen molar-refractivity contribution in [2.45, 2.75) is 19.4 Å². The Morgan fingerprint density at radius 1 is 1.27 bits per heavy atom. The van der Waals surface area contributed by atoms with Crippen LogP contribution in [-0.2, 0) is 0 Å². The highest BCUT2D eigenvalue weighted by Gasteiger charge is 2.13. The maximum Gasteiger partial charge on any atom is 0.196 e. The van der Waals surface area contributed by atoms with Gasteiger partial charge in [-0.05, 0) is 18.6 Å². The molecule has 0 saturated carbocycles. The summed E-state index contributed by atoms with van der Waals surface area (Å²) in [6.07, 6.45) is -0.143. The molecule has 0 heterocycles. The van der Waals surface area contributed by atoms with Gasteiger partial charge in [-0.3, -0.25) is 0 Å². The summed E-state index contributed by atoms with van der Waals surface area (Å²) in [7, 11) is 0. The van der Waals surface area contributed by atoms with Gasteiger partial charge in [0.15, 0.2) is 17.5 Å². The van der Waals surface area contributed by atoms with Gasteiger partial charge in [0, 0.05) is 6.54 Å². The van der Waals surface area contributed by atoms with Crippen LogP contribution in [0, 0.1) is 17.5 Å². The number of hydrogen-bond acceptors (Lipinski definition) is 2. The molecule has 84 valence electrons. The summed E-state index contributed by atoms with van der Waals surface area (Å²) in [5, 5.41) is 11.7. The summed E-state index contributed by atoms with van der Waals surface area (Å²) in [5.74, 6) is -4.00. The molecule has 2 N–H and O–H groups in total. The van der Waals surface area contributed by atoms with Crippen LogP contribution in [0.5, 0.6) is 0 Å². The van der Waals surface area contributed by atoms with E-state index in [0.717, 1.165) is 12.1 Å². The van der Waals surface area contributed by atoms with Crippen molar-refractivity contribution >= 4 is 5.69 Å². The van der Waals surface area contributed by atoms with Gasteiger partial charge < -0.3 is 10.4 Å². The molecular weight excluding hydrogens is 207 g/mol. The smallest absolute Gasteiger partial charge is 0.196 e. The normalized spacial score (nSPS) is 12.6. The van der Waals surface area contributed by atoms with Gasteiger partial charge in [-0.15, -0.1) is 0 Å². The Hall–Kier alpha value is -1.23. The van der Waals surface area contributed by atoms with Gasteiger partial charge in [0.05, 0.1) is 11.8 Å². The number of rotatable bonds is 4. The molecule has 0 spiro atoms. The number of nitrogens with one attached hydrogen (secondary N) is 1. The molecule has 1 unspecified atom stereocenters. The molecule has 1 atom stereocenters. The molecule has 0 fully saturated rings. The highest BCUT2D eigenvalue weighted by atomic mass is 19.2. The van der Waals surface area contributed by atoms with E-state index >= 15 is 0 Å². The van der Waals surface area contributed by atoms with E-state index in [1.54, 1.807) is 6.92 Å². The molecule has 0 aliphatic carbocycles. The Kier molecular flexibility index (Phi) is 3.96. The molecule has 0 amide bonds. The summed E-state index contributed by atoms with van der Waals surface area (Å²) < 4.78 is 38.3. The summed E-state index contributed by atoms with van der Waals surface area (Å²) in [5.41, 5.74) is -0.151. The van der Waals surface area contributed by atoms with Gasteiger partial charge in [-0.1, -0.05) is 6.92 Å². The standard InChI is InChI=1S/C10H12F3NO/c1-2-6(15)5-14-8-4-3-7(11)9(12)10(8)13/h3-4,6,14-15H,2,5H2,1H3. The lowest BCUT2D eigenvalue weighted by atomic mass is 10.2. The fourth-order valence-electron chi connectivity index (χ4n) is 1.03. The Morgan fingerprint density at radius 3 is 2.53 bits per heavy atom. The van der Waals surface area contributed by atoms with Crippen LogP contribution in [0.4, 0.5) is 18.9 Å². The van der Waals surface area contributed by atoms with Crippen LogP contribution in [0.1, 0.15) is 13.3 Å². The van der Waals surface area contributed by atoms with E-state index in [9.17, 15) is 18.3 Å². The minimum atomic E-state index is -1.51. The molecule has 15 heavy (non-hydrogen) atoms. The van der Waals surface area contributed by atoms with Gasteiger partial charge in [-0.25, -0.2) is 13.2 Å². The molecule has 1 rings (SSSR count).